The SMILES string of the molecule is CCc1ccccc1C(O)c1c(C)cc(F)cc1C. The summed E-state index contributed by atoms with van der Waals surface area (Å²) in [6.07, 6.45) is 0.170. The molecule has 0 radical (unpaired) electrons. The van der Waals surface area contributed by atoms with Gasteiger partial charge in [-0.3, -0.25) is 0 Å². The summed E-state index contributed by atoms with van der Waals surface area (Å²) in [6.45, 7) is 5.74. The van der Waals surface area contributed by atoms with Crippen LogP contribution in [-0.4, -0.2) is 5.11 Å². The first-order valence-corrected chi connectivity index (χ1v) is 6.57. The van der Waals surface area contributed by atoms with Gasteiger partial charge >= 0.3 is 0 Å². The number of aliphatic hydroxyl groups is 1. The molecule has 0 aliphatic heterocycles. The van der Waals surface area contributed by atoms with E-state index in [4.69, 9.17) is 0 Å². The summed E-state index contributed by atoms with van der Waals surface area (Å²) in [5.74, 6) is -0.255. The third-order valence-corrected chi connectivity index (χ3v) is 3.56. The summed E-state index contributed by atoms with van der Waals surface area (Å²) in [7, 11) is 0. The van der Waals surface area contributed by atoms with Crippen LogP contribution in [0.1, 0.15) is 40.8 Å². The maximum absolute atomic E-state index is 13.3. The summed E-state index contributed by atoms with van der Waals surface area (Å²) < 4.78 is 13.3. The van der Waals surface area contributed by atoms with Crippen LogP contribution < -0.4 is 0 Å². The van der Waals surface area contributed by atoms with Crippen molar-refractivity contribution in [2.24, 2.45) is 0 Å². The van der Waals surface area contributed by atoms with Gasteiger partial charge in [0, 0.05) is 0 Å². The van der Waals surface area contributed by atoms with E-state index >= 15 is 0 Å². The largest absolute Gasteiger partial charge is 0.384 e. The molecule has 2 aromatic carbocycles. The highest BCUT2D eigenvalue weighted by Gasteiger charge is 2.18. The zero-order valence-corrected chi connectivity index (χ0v) is 11.6. The molecule has 1 N–H and O–H groups in total. The summed E-state index contributed by atoms with van der Waals surface area (Å²) in [4.78, 5) is 0. The summed E-state index contributed by atoms with van der Waals surface area (Å²) in [6, 6.07) is 10.8. The van der Waals surface area contributed by atoms with E-state index in [-0.39, 0.29) is 5.82 Å². The molecule has 0 heterocycles. The monoisotopic (exact) mass is 258 g/mol. The van der Waals surface area contributed by atoms with E-state index in [0.29, 0.717) is 0 Å². The van der Waals surface area contributed by atoms with Crippen LogP contribution in [0.3, 0.4) is 0 Å². The van der Waals surface area contributed by atoms with Gasteiger partial charge < -0.3 is 5.11 Å². The molecular weight excluding hydrogens is 239 g/mol. The average Bonchev–Trinajstić information content (AvgIpc) is 2.37. The lowest BCUT2D eigenvalue weighted by Gasteiger charge is -2.19. The van der Waals surface area contributed by atoms with Gasteiger partial charge in [-0.25, -0.2) is 4.39 Å². The van der Waals surface area contributed by atoms with Gasteiger partial charge in [0.2, 0.25) is 0 Å². The van der Waals surface area contributed by atoms with E-state index in [0.717, 1.165) is 34.2 Å². The van der Waals surface area contributed by atoms with Crippen LogP contribution in [0.5, 0.6) is 0 Å². The molecule has 0 aliphatic carbocycles. The van der Waals surface area contributed by atoms with Crippen molar-refractivity contribution < 1.29 is 9.50 Å². The van der Waals surface area contributed by atoms with E-state index in [1.54, 1.807) is 0 Å². The van der Waals surface area contributed by atoms with Crippen molar-refractivity contribution in [2.45, 2.75) is 33.3 Å². The van der Waals surface area contributed by atoms with Crippen LogP contribution in [0.25, 0.3) is 0 Å². The third kappa shape index (κ3) is 2.69. The van der Waals surface area contributed by atoms with Crippen LogP contribution in [-0.2, 0) is 6.42 Å². The van der Waals surface area contributed by atoms with Gasteiger partial charge in [0.25, 0.3) is 0 Å². The number of aliphatic hydroxyl groups excluding tert-OH is 1. The molecule has 19 heavy (non-hydrogen) atoms. The van der Waals surface area contributed by atoms with E-state index in [1.165, 1.54) is 12.1 Å². The van der Waals surface area contributed by atoms with Crippen molar-refractivity contribution in [3.8, 4) is 0 Å². The van der Waals surface area contributed by atoms with Gasteiger partial charge in [-0.2, -0.15) is 0 Å². The van der Waals surface area contributed by atoms with Crippen molar-refractivity contribution in [2.75, 3.05) is 0 Å². The second-order valence-corrected chi connectivity index (χ2v) is 4.91. The van der Waals surface area contributed by atoms with Crippen LogP contribution in [0.4, 0.5) is 4.39 Å². The van der Waals surface area contributed by atoms with Crippen molar-refractivity contribution in [3.05, 3.63) is 70.0 Å². The lowest BCUT2D eigenvalue weighted by atomic mass is 9.90. The average molecular weight is 258 g/mol. The molecule has 0 aliphatic rings. The zero-order valence-electron chi connectivity index (χ0n) is 11.6. The maximum atomic E-state index is 13.3. The van der Waals surface area contributed by atoms with Crippen LogP contribution in [0.15, 0.2) is 36.4 Å². The Hall–Kier alpha value is -1.67. The predicted molar refractivity (Wildman–Crippen MR) is 75.8 cm³/mol. The minimum absolute atomic E-state index is 0.255. The first-order chi connectivity index (χ1) is 9.04. The molecule has 0 spiro atoms. The highest BCUT2D eigenvalue weighted by molar-refractivity contribution is 5.43. The van der Waals surface area contributed by atoms with Gasteiger partial charge in [0.15, 0.2) is 0 Å². The number of rotatable bonds is 3. The molecule has 2 aromatic rings. The minimum atomic E-state index is -0.697. The molecule has 100 valence electrons. The molecule has 0 fully saturated rings. The first kappa shape index (κ1) is 13.8. The molecule has 0 saturated carbocycles. The predicted octanol–water partition coefficient (Wildman–Crippen LogP) is 4.09. The number of aryl methyl sites for hydroxylation is 3. The molecule has 2 rings (SSSR count). The quantitative estimate of drug-likeness (QED) is 0.879. The van der Waals surface area contributed by atoms with Gasteiger partial charge in [0.05, 0.1) is 0 Å². The van der Waals surface area contributed by atoms with Crippen LogP contribution in [0, 0.1) is 19.7 Å². The Bertz CT molecular complexity index is 567. The number of benzene rings is 2. The Labute approximate surface area is 113 Å². The maximum Gasteiger partial charge on any atom is 0.123 e. The zero-order chi connectivity index (χ0) is 14.0. The Balaban J connectivity index is 2.53. The van der Waals surface area contributed by atoms with Crippen molar-refractivity contribution in [3.63, 3.8) is 0 Å². The number of hydrogen-bond acceptors (Lipinski definition) is 1. The normalized spacial score (nSPS) is 12.5. The third-order valence-electron chi connectivity index (χ3n) is 3.56. The van der Waals surface area contributed by atoms with Gasteiger partial charge in [-0.1, -0.05) is 31.2 Å². The molecule has 0 aromatic heterocycles. The lowest BCUT2D eigenvalue weighted by Crippen LogP contribution is -2.07. The fraction of sp³-hybridized carbons (Fsp3) is 0.294. The van der Waals surface area contributed by atoms with Crippen molar-refractivity contribution in [1.29, 1.82) is 0 Å². The highest BCUT2D eigenvalue weighted by Crippen LogP contribution is 2.30. The van der Waals surface area contributed by atoms with Crippen LogP contribution in [0.2, 0.25) is 0 Å². The fourth-order valence-electron chi connectivity index (χ4n) is 2.63. The van der Waals surface area contributed by atoms with E-state index in [9.17, 15) is 9.50 Å². The minimum Gasteiger partial charge on any atom is -0.384 e. The second kappa shape index (κ2) is 5.54. The molecular formula is C17H19FO. The molecule has 1 nitrogen and oxygen atoms in total. The summed E-state index contributed by atoms with van der Waals surface area (Å²) in [5.41, 5.74) is 4.41. The highest BCUT2D eigenvalue weighted by atomic mass is 19.1. The molecule has 0 saturated heterocycles. The van der Waals surface area contributed by atoms with Crippen molar-refractivity contribution in [1.82, 2.24) is 0 Å². The van der Waals surface area contributed by atoms with E-state index in [1.807, 2.05) is 38.1 Å². The Kier molecular flexibility index (Phi) is 4.01. The van der Waals surface area contributed by atoms with Crippen molar-refractivity contribution >= 4 is 0 Å². The second-order valence-electron chi connectivity index (χ2n) is 4.91. The Morgan fingerprint density at radius 1 is 1.11 bits per heavy atom. The fourth-order valence-corrected chi connectivity index (χ4v) is 2.63. The smallest absolute Gasteiger partial charge is 0.123 e. The van der Waals surface area contributed by atoms with E-state index in [2.05, 4.69) is 6.92 Å². The van der Waals surface area contributed by atoms with Gasteiger partial charge in [-0.05, 0) is 60.2 Å². The standard InChI is InChI=1S/C17H19FO/c1-4-13-7-5-6-8-15(13)17(19)16-11(2)9-14(18)10-12(16)3/h5-10,17,19H,4H2,1-3H3. The molecule has 1 unspecified atom stereocenters. The topological polar surface area (TPSA) is 20.2 Å². The van der Waals surface area contributed by atoms with Gasteiger partial charge in [-0.15, -0.1) is 0 Å². The molecule has 1 atom stereocenters. The van der Waals surface area contributed by atoms with E-state index < -0.39 is 6.10 Å². The van der Waals surface area contributed by atoms with Gasteiger partial charge in [0.1, 0.15) is 11.9 Å². The first-order valence-electron chi connectivity index (χ1n) is 6.57. The Morgan fingerprint density at radius 3 is 2.26 bits per heavy atom. The van der Waals surface area contributed by atoms with Crippen LogP contribution >= 0.6 is 0 Å². The summed E-state index contributed by atoms with van der Waals surface area (Å²) in [5, 5.41) is 10.6. The molecule has 2 heteroatoms. The molecule has 0 bridgehead atoms. The number of hydrogen-bond donors (Lipinski definition) is 1. The summed E-state index contributed by atoms with van der Waals surface area (Å²) >= 11 is 0. The lowest BCUT2D eigenvalue weighted by molar-refractivity contribution is 0.217. The molecule has 0 amide bonds. The number of halogens is 1. The Morgan fingerprint density at radius 2 is 1.68 bits per heavy atom.